The summed E-state index contributed by atoms with van der Waals surface area (Å²) in [5, 5.41) is 11.5. The zero-order valence-electron chi connectivity index (χ0n) is 12.8. The number of hydrogen-bond donors (Lipinski definition) is 2. The Morgan fingerprint density at radius 2 is 1.86 bits per heavy atom. The number of amides is 2. The van der Waals surface area contributed by atoms with E-state index in [1.807, 2.05) is 24.3 Å². The predicted molar refractivity (Wildman–Crippen MR) is 79.3 cm³/mol. The summed E-state index contributed by atoms with van der Waals surface area (Å²) in [6, 6.07) is 7.11. The van der Waals surface area contributed by atoms with Crippen molar-refractivity contribution in [1.29, 1.82) is 0 Å². The van der Waals surface area contributed by atoms with Crippen molar-refractivity contribution in [3.05, 3.63) is 29.8 Å². The molecule has 6 nitrogen and oxygen atoms in total. The Morgan fingerprint density at radius 3 is 2.33 bits per heavy atom. The lowest BCUT2D eigenvalue weighted by molar-refractivity contribution is -0.138. The van der Waals surface area contributed by atoms with Crippen LogP contribution in [0.1, 0.15) is 25.8 Å². The molecule has 0 aromatic heterocycles. The first-order valence-electron chi connectivity index (χ1n) is 6.61. The Balaban J connectivity index is 2.59. The van der Waals surface area contributed by atoms with Crippen molar-refractivity contribution in [3.63, 3.8) is 0 Å². The van der Waals surface area contributed by atoms with Gasteiger partial charge in [-0.1, -0.05) is 12.1 Å². The summed E-state index contributed by atoms with van der Waals surface area (Å²) in [6.45, 7) is 3.79. The van der Waals surface area contributed by atoms with Crippen LogP contribution in [0.5, 0.6) is 5.75 Å². The molecule has 116 valence electrons. The van der Waals surface area contributed by atoms with Crippen LogP contribution in [0.25, 0.3) is 0 Å². The molecule has 0 saturated carbocycles. The maximum absolute atomic E-state index is 12.1. The second-order valence-corrected chi connectivity index (χ2v) is 5.59. The number of carbonyl (C=O) groups excluding carboxylic acids is 1. The fourth-order valence-corrected chi connectivity index (χ4v) is 1.88. The number of methoxy groups -OCH3 is 1. The summed E-state index contributed by atoms with van der Waals surface area (Å²) < 4.78 is 5.08. The standard InChI is InChI=1S/C15H22N2O4/c1-15(2,9-13(18)19)16-14(20)17(3)10-11-5-7-12(21-4)8-6-11/h5-8H,9-10H2,1-4H3,(H,16,20)(H,18,19). The second kappa shape index (κ2) is 6.97. The largest absolute Gasteiger partial charge is 0.497 e. The average Bonchev–Trinajstić information content (AvgIpc) is 2.37. The summed E-state index contributed by atoms with van der Waals surface area (Å²) in [5.41, 5.74) is 0.168. The van der Waals surface area contributed by atoms with Crippen molar-refractivity contribution in [2.75, 3.05) is 14.2 Å². The molecule has 1 aromatic rings. The van der Waals surface area contributed by atoms with Crippen LogP contribution in [0, 0.1) is 0 Å². The third-order valence-electron chi connectivity index (χ3n) is 2.96. The van der Waals surface area contributed by atoms with Crippen molar-refractivity contribution in [2.45, 2.75) is 32.4 Å². The minimum Gasteiger partial charge on any atom is -0.497 e. The van der Waals surface area contributed by atoms with Crippen LogP contribution in [0.3, 0.4) is 0 Å². The lowest BCUT2D eigenvalue weighted by Gasteiger charge is -2.28. The first-order chi connectivity index (χ1) is 9.73. The van der Waals surface area contributed by atoms with E-state index in [4.69, 9.17) is 9.84 Å². The summed E-state index contributed by atoms with van der Waals surface area (Å²) >= 11 is 0. The number of aliphatic carboxylic acids is 1. The summed E-state index contributed by atoms with van der Waals surface area (Å²) in [7, 11) is 3.26. The van der Waals surface area contributed by atoms with E-state index in [1.165, 1.54) is 4.90 Å². The van der Waals surface area contributed by atoms with Gasteiger partial charge in [0.1, 0.15) is 5.75 Å². The zero-order valence-corrected chi connectivity index (χ0v) is 12.8. The maximum atomic E-state index is 12.1. The second-order valence-electron chi connectivity index (χ2n) is 5.59. The molecule has 0 radical (unpaired) electrons. The quantitative estimate of drug-likeness (QED) is 0.842. The van der Waals surface area contributed by atoms with E-state index in [2.05, 4.69) is 5.32 Å². The van der Waals surface area contributed by atoms with Gasteiger partial charge in [0.15, 0.2) is 0 Å². The molecule has 0 aliphatic heterocycles. The highest BCUT2D eigenvalue weighted by atomic mass is 16.5. The molecule has 2 N–H and O–H groups in total. The molecule has 6 heteroatoms. The van der Waals surface area contributed by atoms with Gasteiger partial charge in [-0.25, -0.2) is 4.79 Å². The van der Waals surface area contributed by atoms with Gasteiger partial charge in [-0.3, -0.25) is 4.79 Å². The topological polar surface area (TPSA) is 78.9 Å². The molecular weight excluding hydrogens is 272 g/mol. The fourth-order valence-electron chi connectivity index (χ4n) is 1.88. The number of carboxylic acid groups (broad SMARTS) is 1. The highest BCUT2D eigenvalue weighted by Crippen LogP contribution is 2.13. The van der Waals surface area contributed by atoms with Gasteiger partial charge in [-0.05, 0) is 31.5 Å². The van der Waals surface area contributed by atoms with Gasteiger partial charge in [0.2, 0.25) is 0 Å². The Hall–Kier alpha value is -2.24. The fraction of sp³-hybridized carbons (Fsp3) is 0.467. The molecule has 0 unspecified atom stereocenters. The molecule has 0 spiro atoms. The smallest absolute Gasteiger partial charge is 0.317 e. The number of carbonyl (C=O) groups is 2. The van der Waals surface area contributed by atoms with Gasteiger partial charge < -0.3 is 20.1 Å². The molecule has 2 amide bonds. The Labute approximate surface area is 124 Å². The molecule has 0 bridgehead atoms. The lowest BCUT2D eigenvalue weighted by Crippen LogP contribution is -2.49. The monoisotopic (exact) mass is 294 g/mol. The number of nitrogens with one attached hydrogen (secondary N) is 1. The molecule has 21 heavy (non-hydrogen) atoms. The van der Waals surface area contributed by atoms with Crippen LogP contribution in [0.2, 0.25) is 0 Å². The molecule has 1 aromatic carbocycles. The first-order valence-corrected chi connectivity index (χ1v) is 6.61. The van der Waals surface area contributed by atoms with Crippen molar-refractivity contribution < 1.29 is 19.4 Å². The predicted octanol–water partition coefficient (Wildman–Crippen LogP) is 2.09. The van der Waals surface area contributed by atoms with Gasteiger partial charge in [0.05, 0.1) is 13.5 Å². The van der Waals surface area contributed by atoms with Crippen LogP contribution < -0.4 is 10.1 Å². The highest BCUT2D eigenvalue weighted by molar-refractivity contribution is 5.76. The Bertz CT molecular complexity index is 497. The molecule has 0 heterocycles. The summed E-state index contributed by atoms with van der Waals surface area (Å²) in [4.78, 5) is 24.3. The normalized spacial score (nSPS) is 10.9. The molecule has 0 saturated heterocycles. The van der Waals surface area contributed by atoms with E-state index in [0.29, 0.717) is 6.54 Å². The van der Waals surface area contributed by atoms with Gasteiger partial charge in [0.25, 0.3) is 0 Å². The third kappa shape index (κ3) is 5.72. The van der Waals surface area contributed by atoms with E-state index < -0.39 is 11.5 Å². The van der Waals surface area contributed by atoms with E-state index in [0.717, 1.165) is 11.3 Å². The minimum atomic E-state index is -0.946. The van der Waals surface area contributed by atoms with Crippen molar-refractivity contribution in [3.8, 4) is 5.75 Å². The lowest BCUT2D eigenvalue weighted by atomic mass is 10.0. The summed E-state index contributed by atoms with van der Waals surface area (Å²) in [5.74, 6) is -0.188. The van der Waals surface area contributed by atoms with Crippen LogP contribution >= 0.6 is 0 Å². The van der Waals surface area contributed by atoms with Crippen molar-refractivity contribution in [2.24, 2.45) is 0 Å². The number of carboxylic acids is 1. The van der Waals surface area contributed by atoms with Gasteiger partial charge in [-0.15, -0.1) is 0 Å². The van der Waals surface area contributed by atoms with Gasteiger partial charge in [-0.2, -0.15) is 0 Å². The Kier molecular flexibility index (Phi) is 5.58. The summed E-state index contributed by atoms with van der Waals surface area (Å²) in [6.07, 6.45) is -0.130. The van der Waals surface area contributed by atoms with Gasteiger partial charge in [0, 0.05) is 19.1 Å². The number of ether oxygens (including phenoxy) is 1. The molecule has 1 rings (SSSR count). The zero-order chi connectivity index (χ0) is 16.0. The average molecular weight is 294 g/mol. The molecule has 0 aliphatic rings. The third-order valence-corrected chi connectivity index (χ3v) is 2.96. The minimum absolute atomic E-state index is 0.130. The number of rotatable bonds is 6. The van der Waals surface area contributed by atoms with Crippen LogP contribution in [-0.2, 0) is 11.3 Å². The molecule has 0 fully saturated rings. The van der Waals surface area contributed by atoms with Crippen LogP contribution in [0.15, 0.2) is 24.3 Å². The molecular formula is C15H22N2O4. The van der Waals surface area contributed by atoms with E-state index in [1.54, 1.807) is 28.0 Å². The molecule has 0 atom stereocenters. The van der Waals surface area contributed by atoms with E-state index >= 15 is 0 Å². The number of urea groups is 1. The van der Waals surface area contributed by atoms with Crippen molar-refractivity contribution in [1.82, 2.24) is 10.2 Å². The number of benzene rings is 1. The van der Waals surface area contributed by atoms with Crippen molar-refractivity contribution >= 4 is 12.0 Å². The highest BCUT2D eigenvalue weighted by Gasteiger charge is 2.25. The SMILES string of the molecule is COc1ccc(CN(C)C(=O)NC(C)(C)CC(=O)O)cc1. The Morgan fingerprint density at radius 1 is 1.29 bits per heavy atom. The number of hydrogen-bond acceptors (Lipinski definition) is 3. The van der Waals surface area contributed by atoms with Crippen LogP contribution in [-0.4, -0.2) is 41.7 Å². The van der Waals surface area contributed by atoms with Gasteiger partial charge >= 0.3 is 12.0 Å². The number of nitrogens with zero attached hydrogens (tertiary/aromatic N) is 1. The first kappa shape index (κ1) is 16.8. The maximum Gasteiger partial charge on any atom is 0.317 e. The molecule has 0 aliphatic carbocycles. The van der Waals surface area contributed by atoms with Crippen LogP contribution in [0.4, 0.5) is 4.79 Å². The van der Waals surface area contributed by atoms with E-state index in [9.17, 15) is 9.59 Å². The van der Waals surface area contributed by atoms with E-state index in [-0.39, 0.29) is 12.5 Å².